The van der Waals surface area contributed by atoms with Gasteiger partial charge in [-0.2, -0.15) is 5.26 Å². The number of ether oxygens (including phenoxy) is 2. The third kappa shape index (κ3) is 3.99. The summed E-state index contributed by atoms with van der Waals surface area (Å²) in [6.45, 7) is 3.99. The van der Waals surface area contributed by atoms with E-state index in [1.165, 1.54) is 0 Å². The van der Waals surface area contributed by atoms with Crippen LogP contribution in [0.1, 0.15) is 38.2 Å². The van der Waals surface area contributed by atoms with E-state index < -0.39 is 11.9 Å². The molecule has 0 aromatic heterocycles. The molecule has 2 rings (SSSR count). The number of thioether (sulfide) groups is 1. The maximum Gasteiger partial charge on any atom is 0.338 e. The van der Waals surface area contributed by atoms with Crippen LogP contribution < -0.4 is 5.73 Å². The molecule has 0 spiro atoms. The number of nitrogens with zero attached hydrogens (tertiary/aromatic N) is 1. The molecule has 6 heteroatoms. The summed E-state index contributed by atoms with van der Waals surface area (Å²) < 4.78 is 10.8. The zero-order chi connectivity index (χ0) is 18.4. The molecule has 1 aliphatic rings. The van der Waals surface area contributed by atoms with Gasteiger partial charge in [-0.1, -0.05) is 19.1 Å². The number of rotatable bonds is 6. The van der Waals surface area contributed by atoms with Gasteiger partial charge in [0.05, 0.1) is 18.1 Å². The number of carbonyl (C=O) groups is 1. The van der Waals surface area contributed by atoms with E-state index in [9.17, 15) is 10.1 Å². The van der Waals surface area contributed by atoms with Crippen molar-refractivity contribution in [1.82, 2.24) is 0 Å². The third-order valence-corrected chi connectivity index (χ3v) is 4.66. The lowest BCUT2D eigenvalue weighted by Crippen LogP contribution is -2.26. The maximum absolute atomic E-state index is 12.6. The van der Waals surface area contributed by atoms with Crippen molar-refractivity contribution in [2.24, 2.45) is 5.73 Å². The topological polar surface area (TPSA) is 85.3 Å². The number of benzene rings is 1. The second-order valence-corrected chi connectivity index (χ2v) is 6.38. The van der Waals surface area contributed by atoms with Gasteiger partial charge >= 0.3 is 5.97 Å². The molecule has 0 fully saturated rings. The Kier molecular flexibility index (Phi) is 6.54. The number of hydrogen-bond donors (Lipinski definition) is 1. The minimum absolute atomic E-state index is 0.0536. The summed E-state index contributed by atoms with van der Waals surface area (Å²) in [7, 11) is 0. The lowest BCUT2D eigenvalue weighted by molar-refractivity contribution is -0.139. The number of nitriles is 1. The molecule has 132 valence electrons. The lowest BCUT2D eigenvalue weighted by atomic mass is 9.82. The van der Waals surface area contributed by atoms with Crippen LogP contribution in [-0.2, 0) is 14.3 Å². The number of carbonyl (C=O) groups excluding carboxylic acids is 1. The van der Waals surface area contributed by atoms with E-state index in [1.54, 1.807) is 18.7 Å². The summed E-state index contributed by atoms with van der Waals surface area (Å²) in [6.07, 6.45) is 3.32. The molecule has 0 radical (unpaired) electrons. The average molecular weight is 358 g/mol. The smallest absolute Gasteiger partial charge is 0.338 e. The molecule has 0 aliphatic carbocycles. The van der Waals surface area contributed by atoms with Crippen LogP contribution in [0, 0.1) is 11.3 Å². The predicted molar refractivity (Wildman–Crippen MR) is 97.4 cm³/mol. The molecule has 2 N–H and O–H groups in total. The quantitative estimate of drug-likeness (QED) is 0.614. The van der Waals surface area contributed by atoms with Crippen molar-refractivity contribution in [2.75, 3.05) is 12.9 Å². The van der Waals surface area contributed by atoms with Gasteiger partial charge in [-0.15, -0.1) is 11.8 Å². The Bertz CT molecular complexity index is 745. The molecule has 1 atom stereocenters. The molecular formula is C19H22N2O3S. The fourth-order valence-corrected chi connectivity index (χ4v) is 3.20. The van der Waals surface area contributed by atoms with Crippen LogP contribution in [0.5, 0.6) is 0 Å². The lowest BCUT2D eigenvalue weighted by Gasteiger charge is -2.28. The fraction of sp³-hybridized carbons (Fsp3) is 0.368. The summed E-state index contributed by atoms with van der Waals surface area (Å²) in [5.41, 5.74) is 7.39. The molecule has 1 aromatic rings. The largest absolute Gasteiger partial charge is 0.463 e. The Balaban J connectivity index is 2.61. The molecule has 1 aliphatic heterocycles. The van der Waals surface area contributed by atoms with Crippen molar-refractivity contribution < 1.29 is 14.3 Å². The van der Waals surface area contributed by atoms with Crippen molar-refractivity contribution in [3.63, 3.8) is 0 Å². The average Bonchev–Trinajstić information content (AvgIpc) is 2.61. The minimum Gasteiger partial charge on any atom is -0.463 e. The van der Waals surface area contributed by atoms with Gasteiger partial charge in [-0.3, -0.25) is 0 Å². The zero-order valence-corrected chi connectivity index (χ0v) is 15.5. The van der Waals surface area contributed by atoms with Crippen LogP contribution >= 0.6 is 11.8 Å². The second kappa shape index (κ2) is 8.63. The molecule has 25 heavy (non-hydrogen) atoms. The number of allylic oxidation sites excluding steroid dienone is 2. The summed E-state index contributed by atoms with van der Waals surface area (Å²) in [5, 5.41) is 9.59. The molecule has 0 saturated carbocycles. The van der Waals surface area contributed by atoms with Gasteiger partial charge in [0, 0.05) is 11.3 Å². The normalized spacial score (nSPS) is 17.1. The molecule has 0 saturated heterocycles. The Morgan fingerprint density at radius 3 is 2.56 bits per heavy atom. The highest BCUT2D eigenvalue weighted by Crippen LogP contribution is 2.41. The van der Waals surface area contributed by atoms with Gasteiger partial charge in [0.15, 0.2) is 0 Å². The van der Waals surface area contributed by atoms with Crippen LogP contribution in [-0.4, -0.2) is 18.8 Å². The zero-order valence-electron chi connectivity index (χ0n) is 14.7. The molecule has 0 bridgehead atoms. The van der Waals surface area contributed by atoms with Gasteiger partial charge in [0.1, 0.15) is 17.4 Å². The first-order valence-electron chi connectivity index (χ1n) is 8.18. The summed E-state index contributed by atoms with van der Waals surface area (Å²) in [4.78, 5) is 13.7. The number of esters is 1. The van der Waals surface area contributed by atoms with E-state index in [2.05, 4.69) is 6.07 Å². The molecular weight excluding hydrogens is 336 g/mol. The van der Waals surface area contributed by atoms with E-state index >= 15 is 0 Å². The first-order valence-corrected chi connectivity index (χ1v) is 9.41. The fourth-order valence-electron chi connectivity index (χ4n) is 2.79. The number of nitrogens with two attached hydrogens (primary N) is 1. The Hall–Kier alpha value is -2.39. The van der Waals surface area contributed by atoms with Gasteiger partial charge in [-0.05, 0) is 37.3 Å². The highest BCUT2D eigenvalue weighted by atomic mass is 32.2. The monoisotopic (exact) mass is 358 g/mol. The van der Waals surface area contributed by atoms with Crippen LogP contribution in [0.25, 0.3) is 0 Å². The Morgan fingerprint density at radius 1 is 1.36 bits per heavy atom. The van der Waals surface area contributed by atoms with Crippen molar-refractivity contribution >= 4 is 17.7 Å². The van der Waals surface area contributed by atoms with E-state index in [-0.39, 0.29) is 18.1 Å². The SMILES string of the molecule is CCCC1=C(C(=O)OCC)[C@H](c2ccc(SC)cc2)C(C#N)=C(N)O1. The highest BCUT2D eigenvalue weighted by molar-refractivity contribution is 7.98. The minimum atomic E-state index is -0.574. The second-order valence-electron chi connectivity index (χ2n) is 5.51. The predicted octanol–water partition coefficient (Wildman–Crippen LogP) is 3.83. The van der Waals surface area contributed by atoms with Crippen molar-refractivity contribution in [3.8, 4) is 6.07 Å². The molecule has 5 nitrogen and oxygen atoms in total. The Morgan fingerprint density at radius 2 is 2.04 bits per heavy atom. The summed E-state index contributed by atoms with van der Waals surface area (Å²) >= 11 is 1.63. The summed E-state index contributed by atoms with van der Waals surface area (Å²) in [6, 6.07) is 9.85. The van der Waals surface area contributed by atoms with Crippen molar-refractivity contribution in [1.29, 1.82) is 5.26 Å². The van der Waals surface area contributed by atoms with E-state index in [0.717, 1.165) is 16.9 Å². The third-order valence-electron chi connectivity index (χ3n) is 3.92. The van der Waals surface area contributed by atoms with Crippen LogP contribution in [0.4, 0.5) is 0 Å². The highest BCUT2D eigenvalue weighted by Gasteiger charge is 2.37. The van der Waals surface area contributed by atoms with Crippen LogP contribution in [0.3, 0.4) is 0 Å². The Labute approximate surface area is 152 Å². The first-order chi connectivity index (χ1) is 12.1. The maximum atomic E-state index is 12.6. The van der Waals surface area contributed by atoms with Crippen LogP contribution in [0.15, 0.2) is 51.9 Å². The van der Waals surface area contributed by atoms with Gasteiger partial charge < -0.3 is 15.2 Å². The van der Waals surface area contributed by atoms with E-state index in [0.29, 0.717) is 17.8 Å². The van der Waals surface area contributed by atoms with E-state index in [4.69, 9.17) is 15.2 Å². The summed E-state index contributed by atoms with van der Waals surface area (Å²) in [5.74, 6) is -0.505. The van der Waals surface area contributed by atoms with Crippen LogP contribution in [0.2, 0.25) is 0 Å². The molecule has 1 heterocycles. The molecule has 1 aromatic carbocycles. The number of hydrogen-bond acceptors (Lipinski definition) is 6. The van der Waals surface area contributed by atoms with Gasteiger partial charge in [0.25, 0.3) is 0 Å². The standard InChI is InChI=1S/C19H22N2O3S/c1-4-6-15-17(19(22)23-5-2)16(14(11-20)18(21)24-15)12-7-9-13(25-3)10-8-12/h7-10,16H,4-6,21H2,1-3H3/t16-/m1/s1. The van der Waals surface area contributed by atoms with E-state index in [1.807, 2.05) is 37.4 Å². The first kappa shape index (κ1) is 18.9. The van der Waals surface area contributed by atoms with Gasteiger partial charge in [-0.25, -0.2) is 4.79 Å². The van der Waals surface area contributed by atoms with Crippen molar-refractivity contribution in [3.05, 3.63) is 52.6 Å². The van der Waals surface area contributed by atoms with Gasteiger partial charge in [0.2, 0.25) is 5.88 Å². The molecule has 0 amide bonds. The van der Waals surface area contributed by atoms with Crippen molar-refractivity contribution in [2.45, 2.75) is 37.5 Å². The molecule has 0 unspecified atom stereocenters.